The van der Waals surface area contributed by atoms with Crippen LogP contribution in [0, 0.1) is 12.3 Å². The number of fused-ring (bicyclic) bond motifs is 1. The lowest BCUT2D eigenvalue weighted by Crippen LogP contribution is -2.37. The monoisotopic (exact) mass is 393 g/mol. The summed E-state index contributed by atoms with van der Waals surface area (Å²) in [4.78, 5) is 43.4. The second-order valence-electron chi connectivity index (χ2n) is 5.90. The molecule has 0 aromatic carbocycles. The van der Waals surface area contributed by atoms with Gasteiger partial charge in [0.1, 0.15) is 5.52 Å². The zero-order chi connectivity index (χ0) is 20.6. The fourth-order valence-electron chi connectivity index (χ4n) is 2.93. The minimum absolute atomic E-state index is 0.00872. The van der Waals surface area contributed by atoms with E-state index in [1.165, 1.54) is 6.20 Å². The minimum atomic E-state index is -2.05. The average Bonchev–Trinajstić information content (AvgIpc) is 3.03. The van der Waals surface area contributed by atoms with Crippen LogP contribution in [0.25, 0.3) is 11.2 Å². The number of nitrogen functional groups attached to an aromatic ring is 1. The number of anilines is 1. The summed E-state index contributed by atoms with van der Waals surface area (Å²) in [6.45, 7) is 1.99. The van der Waals surface area contributed by atoms with Crippen molar-refractivity contribution in [2.45, 2.75) is 45.2 Å². The first-order valence-corrected chi connectivity index (χ1v) is 8.05. The third kappa shape index (κ3) is 3.27. The van der Waals surface area contributed by atoms with Gasteiger partial charge in [-0.15, -0.1) is 6.42 Å². The number of nitrogens with two attached hydrogens (primary N) is 1. The van der Waals surface area contributed by atoms with Gasteiger partial charge in [0.25, 0.3) is 0 Å². The van der Waals surface area contributed by atoms with E-state index in [9.17, 15) is 18.8 Å². The van der Waals surface area contributed by atoms with Crippen molar-refractivity contribution in [2.24, 2.45) is 0 Å². The van der Waals surface area contributed by atoms with Crippen molar-refractivity contribution in [1.82, 2.24) is 19.1 Å². The Morgan fingerprint density at radius 2 is 2.07 bits per heavy atom. The van der Waals surface area contributed by atoms with Gasteiger partial charge in [-0.2, -0.15) is 4.98 Å². The highest BCUT2D eigenvalue weighted by Gasteiger charge is 2.51. The maximum absolute atomic E-state index is 14.8. The largest absolute Gasteiger partial charge is 0.454 e. The number of ether oxygens (including phenoxy) is 3. The SMILES string of the molecule is C#CCn1c(=O)n([C@@H]2O[C@H](OC(C)=O)[C@@H](F)[C@H]2OC(C)=O)c2nc(N)ncc21. The van der Waals surface area contributed by atoms with Crippen LogP contribution in [0.3, 0.4) is 0 Å². The molecule has 0 bridgehead atoms. The summed E-state index contributed by atoms with van der Waals surface area (Å²) in [7, 11) is 0. The molecular formula is C16H16FN5O6. The number of imidazole rings is 1. The van der Waals surface area contributed by atoms with Crippen LogP contribution in [-0.2, 0) is 30.3 Å². The van der Waals surface area contributed by atoms with Gasteiger partial charge >= 0.3 is 17.6 Å². The van der Waals surface area contributed by atoms with Gasteiger partial charge in [0, 0.05) is 13.8 Å². The molecule has 1 fully saturated rings. The first kappa shape index (κ1) is 19.3. The van der Waals surface area contributed by atoms with Gasteiger partial charge in [-0.25, -0.2) is 18.7 Å². The molecule has 0 aliphatic carbocycles. The summed E-state index contributed by atoms with van der Waals surface area (Å²) >= 11 is 0. The highest BCUT2D eigenvalue weighted by atomic mass is 19.1. The number of rotatable bonds is 4. The number of esters is 2. The molecule has 3 heterocycles. The topological polar surface area (TPSA) is 141 Å². The van der Waals surface area contributed by atoms with Gasteiger partial charge < -0.3 is 19.9 Å². The van der Waals surface area contributed by atoms with Gasteiger partial charge in [0.15, 0.2) is 18.0 Å². The van der Waals surface area contributed by atoms with Crippen LogP contribution in [0.4, 0.5) is 10.3 Å². The number of carbonyl (C=O) groups excluding carboxylic acids is 2. The van der Waals surface area contributed by atoms with Crippen LogP contribution in [0.1, 0.15) is 20.1 Å². The molecule has 0 spiro atoms. The van der Waals surface area contributed by atoms with Gasteiger partial charge in [-0.05, 0) is 0 Å². The van der Waals surface area contributed by atoms with Crippen LogP contribution in [0.5, 0.6) is 0 Å². The van der Waals surface area contributed by atoms with E-state index in [-0.39, 0.29) is 23.7 Å². The van der Waals surface area contributed by atoms with Crippen LogP contribution < -0.4 is 11.4 Å². The second-order valence-corrected chi connectivity index (χ2v) is 5.90. The summed E-state index contributed by atoms with van der Waals surface area (Å²) in [5.41, 5.74) is 5.09. The van der Waals surface area contributed by atoms with Crippen LogP contribution in [-0.4, -0.2) is 49.6 Å². The molecule has 2 N–H and O–H groups in total. The molecule has 1 aliphatic heterocycles. The lowest BCUT2D eigenvalue weighted by Gasteiger charge is -2.19. The Morgan fingerprint density at radius 3 is 2.68 bits per heavy atom. The number of aromatic nitrogens is 4. The standard InChI is InChI=1S/C16H16FN5O6/c1-4-5-21-9-6-19-15(18)20-12(9)22(16(21)25)13-11(26-7(2)23)10(17)14(28-13)27-8(3)24/h1,6,10-11,13-14H,5H2,2-3H3,(H2,18,19,20)/t10-,11+,13+,14-/m0/s1. The smallest absolute Gasteiger partial charge is 0.333 e. The van der Waals surface area contributed by atoms with E-state index in [1.54, 1.807) is 0 Å². The predicted molar refractivity (Wildman–Crippen MR) is 91.2 cm³/mol. The zero-order valence-corrected chi connectivity index (χ0v) is 14.9. The molecule has 11 nitrogen and oxygen atoms in total. The summed E-state index contributed by atoms with van der Waals surface area (Å²) in [6.07, 6.45) is -0.220. The second kappa shape index (κ2) is 7.28. The number of hydrogen-bond donors (Lipinski definition) is 1. The minimum Gasteiger partial charge on any atom is -0.454 e. The summed E-state index contributed by atoms with van der Waals surface area (Å²) in [6, 6.07) is 0. The van der Waals surface area contributed by atoms with Gasteiger partial charge in [0.05, 0.1) is 12.7 Å². The number of halogens is 1. The molecule has 3 rings (SSSR count). The molecular weight excluding hydrogens is 377 g/mol. The van der Waals surface area contributed by atoms with Gasteiger partial charge in [-0.1, -0.05) is 5.92 Å². The summed E-state index contributed by atoms with van der Waals surface area (Å²) in [5, 5.41) is 0. The normalized spacial score (nSPS) is 24.1. The molecule has 0 unspecified atom stereocenters. The molecule has 1 aliphatic rings. The van der Waals surface area contributed by atoms with E-state index >= 15 is 0 Å². The lowest BCUT2D eigenvalue weighted by molar-refractivity contribution is -0.186. The summed E-state index contributed by atoms with van der Waals surface area (Å²) < 4.78 is 32.0. The number of carbonyl (C=O) groups is 2. The number of terminal acetylenes is 1. The Bertz CT molecular complexity index is 1040. The molecule has 28 heavy (non-hydrogen) atoms. The Hall–Kier alpha value is -3.46. The fraction of sp³-hybridized carbons (Fsp3) is 0.438. The summed E-state index contributed by atoms with van der Waals surface area (Å²) in [5.74, 6) is 0.522. The van der Waals surface area contributed by atoms with E-state index in [2.05, 4.69) is 15.9 Å². The average molecular weight is 393 g/mol. The van der Waals surface area contributed by atoms with E-state index in [1.807, 2.05) is 0 Å². The van der Waals surface area contributed by atoms with Crippen molar-refractivity contribution in [3.63, 3.8) is 0 Å². The maximum atomic E-state index is 14.8. The molecule has 0 amide bonds. The lowest BCUT2D eigenvalue weighted by atomic mass is 10.2. The van der Waals surface area contributed by atoms with Crippen molar-refractivity contribution in [3.05, 3.63) is 16.7 Å². The molecule has 148 valence electrons. The molecule has 12 heteroatoms. The Labute approximate surface area is 157 Å². The van der Waals surface area contributed by atoms with Crippen molar-refractivity contribution < 1.29 is 28.2 Å². The van der Waals surface area contributed by atoms with Crippen molar-refractivity contribution in [1.29, 1.82) is 0 Å². The highest BCUT2D eigenvalue weighted by molar-refractivity contribution is 5.72. The zero-order valence-electron chi connectivity index (χ0n) is 14.9. The number of alkyl halides is 1. The van der Waals surface area contributed by atoms with E-state index in [0.29, 0.717) is 0 Å². The van der Waals surface area contributed by atoms with E-state index < -0.39 is 42.4 Å². The van der Waals surface area contributed by atoms with Crippen LogP contribution in [0.2, 0.25) is 0 Å². The first-order chi connectivity index (χ1) is 13.2. The maximum Gasteiger partial charge on any atom is 0.333 e. The fourth-order valence-corrected chi connectivity index (χ4v) is 2.93. The van der Waals surface area contributed by atoms with E-state index in [0.717, 1.165) is 23.0 Å². The Balaban J connectivity index is 2.18. The van der Waals surface area contributed by atoms with E-state index in [4.69, 9.17) is 26.4 Å². The molecule has 2 aromatic heterocycles. The third-order valence-corrected chi connectivity index (χ3v) is 3.94. The highest BCUT2D eigenvalue weighted by Crippen LogP contribution is 2.35. The predicted octanol–water partition coefficient (Wildman–Crippen LogP) is -0.504. The third-order valence-electron chi connectivity index (χ3n) is 3.94. The Morgan fingerprint density at radius 1 is 1.39 bits per heavy atom. The molecule has 0 radical (unpaired) electrons. The van der Waals surface area contributed by atoms with Crippen molar-refractivity contribution >= 4 is 29.1 Å². The van der Waals surface area contributed by atoms with Gasteiger partial charge in [-0.3, -0.25) is 14.2 Å². The quantitative estimate of drug-likeness (QED) is 0.537. The van der Waals surface area contributed by atoms with Crippen molar-refractivity contribution in [3.8, 4) is 12.3 Å². The van der Waals surface area contributed by atoms with Crippen LogP contribution >= 0.6 is 0 Å². The number of hydrogen-bond acceptors (Lipinski definition) is 9. The molecule has 1 saturated heterocycles. The molecule has 2 aromatic rings. The van der Waals surface area contributed by atoms with Gasteiger partial charge in [0.2, 0.25) is 18.4 Å². The Kier molecular flexibility index (Phi) is 5.02. The molecule has 4 atom stereocenters. The molecule has 0 saturated carbocycles. The first-order valence-electron chi connectivity index (χ1n) is 8.05. The number of nitrogens with zero attached hydrogens (tertiary/aromatic N) is 4. The van der Waals surface area contributed by atoms with Crippen molar-refractivity contribution in [2.75, 3.05) is 5.73 Å². The van der Waals surface area contributed by atoms with Crippen LogP contribution in [0.15, 0.2) is 11.0 Å².